The molecule has 0 aromatic heterocycles. The Hall–Kier alpha value is -1.14. The molecular weight excluding hydrogens is 188 g/mol. The van der Waals surface area contributed by atoms with E-state index in [1.807, 2.05) is 13.8 Å². The molecule has 0 saturated carbocycles. The molecule has 0 radical (unpaired) electrons. The number of aliphatic carboxylic acids is 1. The summed E-state index contributed by atoms with van der Waals surface area (Å²) in [7, 11) is 0. The molecule has 0 saturated heterocycles. The van der Waals surface area contributed by atoms with Crippen LogP contribution in [0.15, 0.2) is 0 Å². The maximum absolute atomic E-state index is 11.1. The Kier molecular flexibility index (Phi) is 7.98. The fourth-order valence-electron chi connectivity index (χ4n) is 0.909. The summed E-state index contributed by atoms with van der Waals surface area (Å²) in [5.41, 5.74) is 5.50. The number of carbonyl (C=O) groups excluding carboxylic acids is 1. The molecule has 6 heteroatoms. The lowest BCUT2D eigenvalue weighted by atomic mass is 10.0. The Morgan fingerprint density at radius 3 is 2.29 bits per heavy atom. The Balaban J connectivity index is 0. The van der Waals surface area contributed by atoms with Gasteiger partial charge in [0.05, 0.1) is 6.04 Å². The van der Waals surface area contributed by atoms with Crippen LogP contribution in [0.5, 0.6) is 0 Å². The molecule has 0 rings (SSSR count). The van der Waals surface area contributed by atoms with Gasteiger partial charge in [-0.3, -0.25) is 9.59 Å². The van der Waals surface area contributed by atoms with Crippen molar-refractivity contribution in [3.8, 4) is 0 Å². The number of carboxylic acids is 1. The number of carbonyl (C=O) groups is 2. The smallest absolute Gasteiger partial charge is 0.322 e. The summed E-state index contributed by atoms with van der Waals surface area (Å²) < 4.78 is 0. The van der Waals surface area contributed by atoms with E-state index in [0.717, 1.165) is 0 Å². The van der Waals surface area contributed by atoms with Gasteiger partial charge >= 0.3 is 5.97 Å². The minimum atomic E-state index is -1.06. The van der Waals surface area contributed by atoms with E-state index in [9.17, 15) is 9.59 Å². The van der Waals surface area contributed by atoms with Gasteiger partial charge in [-0.25, -0.2) is 0 Å². The summed E-state index contributed by atoms with van der Waals surface area (Å²) in [5.74, 6) is -1.15. The molecule has 0 aliphatic heterocycles. The zero-order valence-electron chi connectivity index (χ0n) is 8.41. The highest BCUT2D eigenvalue weighted by molar-refractivity contribution is 5.84. The van der Waals surface area contributed by atoms with Crippen molar-refractivity contribution in [1.29, 1.82) is 0 Å². The van der Waals surface area contributed by atoms with Crippen LogP contribution in [-0.2, 0) is 9.59 Å². The van der Waals surface area contributed by atoms with Crippen LogP contribution in [0.25, 0.3) is 0 Å². The lowest BCUT2D eigenvalue weighted by molar-refractivity contribution is -0.138. The van der Waals surface area contributed by atoms with Gasteiger partial charge in [0.25, 0.3) is 0 Å². The summed E-state index contributed by atoms with van der Waals surface area (Å²) in [6.07, 6.45) is 0.561. The van der Waals surface area contributed by atoms with Crippen molar-refractivity contribution < 1.29 is 20.2 Å². The molecule has 84 valence electrons. The van der Waals surface area contributed by atoms with Gasteiger partial charge in [-0.1, -0.05) is 13.8 Å². The summed E-state index contributed by atoms with van der Waals surface area (Å²) in [5, 5.41) is 10.5. The molecule has 1 atom stereocenters. The van der Waals surface area contributed by atoms with E-state index in [2.05, 4.69) is 5.32 Å². The zero-order chi connectivity index (χ0) is 10.4. The molecule has 0 aliphatic rings. The second-order valence-corrected chi connectivity index (χ2v) is 3.35. The number of hydrogen-bond donors (Lipinski definition) is 3. The molecule has 0 heterocycles. The van der Waals surface area contributed by atoms with Crippen molar-refractivity contribution in [2.75, 3.05) is 6.54 Å². The average molecular weight is 206 g/mol. The van der Waals surface area contributed by atoms with Gasteiger partial charge in [0.15, 0.2) is 0 Å². The molecule has 0 unspecified atom stereocenters. The van der Waals surface area contributed by atoms with Crippen LogP contribution in [0.3, 0.4) is 0 Å². The molecule has 1 amide bonds. The molecular formula is C8H18N2O4. The van der Waals surface area contributed by atoms with Crippen LogP contribution >= 0.6 is 0 Å². The highest BCUT2D eigenvalue weighted by Crippen LogP contribution is 2.01. The van der Waals surface area contributed by atoms with Crippen molar-refractivity contribution in [2.45, 2.75) is 26.3 Å². The Bertz CT molecular complexity index is 194. The summed E-state index contributed by atoms with van der Waals surface area (Å²) in [4.78, 5) is 21.2. The van der Waals surface area contributed by atoms with Crippen LogP contribution in [0.4, 0.5) is 0 Å². The van der Waals surface area contributed by atoms with Crippen LogP contribution in [0.2, 0.25) is 0 Å². The number of amides is 1. The Morgan fingerprint density at radius 2 is 1.93 bits per heavy atom. The molecule has 0 aromatic carbocycles. The zero-order valence-corrected chi connectivity index (χ0v) is 8.41. The maximum Gasteiger partial charge on any atom is 0.322 e. The fourth-order valence-corrected chi connectivity index (χ4v) is 0.909. The highest BCUT2D eigenvalue weighted by atomic mass is 16.4. The van der Waals surface area contributed by atoms with Crippen molar-refractivity contribution in [3.63, 3.8) is 0 Å². The lowest BCUT2D eigenvalue weighted by Crippen LogP contribution is -2.43. The highest BCUT2D eigenvalue weighted by Gasteiger charge is 2.14. The Labute approximate surface area is 82.8 Å². The predicted octanol–water partition coefficient (Wildman–Crippen LogP) is -1.26. The molecule has 0 aromatic rings. The maximum atomic E-state index is 11.1. The van der Waals surface area contributed by atoms with Crippen molar-refractivity contribution in [3.05, 3.63) is 0 Å². The third-order valence-corrected chi connectivity index (χ3v) is 1.48. The van der Waals surface area contributed by atoms with Gasteiger partial charge in [0.2, 0.25) is 5.91 Å². The first-order chi connectivity index (χ1) is 5.93. The molecule has 6 N–H and O–H groups in total. The normalized spacial score (nSPS) is 11.7. The van der Waals surface area contributed by atoms with Gasteiger partial charge in [-0.15, -0.1) is 0 Å². The van der Waals surface area contributed by atoms with E-state index in [1.54, 1.807) is 0 Å². The first kappa shape index (κ1) is 15.3. The number of hydrogen-bond acceptors (Lipinski definition) is 3. The summed E-state index contributed by atoms with van der Waals surface area (Å²) in [6.45, 7) is 3.53. The second-order valence-electron chi connectivity index (χ2n) is 3.35. The van der Waals surface area contributed by atoms with Gasteiger partial charge in [-0.05, 0) is 12.3 Å². The van der Waals surface area contributed by atoms with Gasteiger partial charge < -0.3 is 21.6 Å². The van der Waals surface area contributed by atoms with Crippen molar-refractivity contribution >= 4 is 11.9 Å². The number of nitrogens with one attached hydrogen (secondary N) is 1. The molecule has 0 spiro atoms. The van der Waals surface area contributed by atoms with E-state index in [1.165, 1.54) is 0 Å². The minimum Gasteiger partial charge on any atom is -0.480 e. The van der Waals surface area contributed by atoms with E-state index in [4.69, 9.17) is 10.8 Å². The van der Waals surface area contributed by atoms with Crippen LogP contribution in [0, 0.1) is 5.92 Å². The topological polar surface area (TPSA) is 124 Å². The molecule has 6 nitrogen and oxygen atoms in total. The fraction of sp³-hybridized carbons (Fsp3) is 0.750. The summed E-state index contributed by atoms with van der Waals surface area (Å²) in [6, 6.07) is -0.612. The average Bonchev–Trinajstić information content (AvgIpc) is 1.98. The molecule has 0 aliphatic carbocycles. The SMILES string of the molecule is CC(C)C[C@H](N)C(=O)NCC(=O)O.O. The van der Waals surface area contributed by atoms with E-state index in [0.29, 0.717) is 12.3 Å². The third-order valence-electron chi connectivity index (χ3n) is 1.48. The predicted molar refractivity (Wildman–Crippen MR) is 51.7 cm³/mol. The number of nitrogens with two attached hydrogens (primary N) is 1. The van der Waals surface area contributed by atoms with Gasteiger partial charge in [0, 0.05) is 0 Å². The molecule has 0 fully saturated rings. The van der Waals surface area contributed by atoms with Crippen LogP contribution in [0.1, 0.15) is 20.3 Å². The third kappa shape index (κ3) is 7.51. The molecule has 14 heavy (non-hydrogen) atoms. The van der Waals surface area contributed by atoms with Gasteiger partial charge in [0.1, 0.15) is 6.54 Å². The standard InChI is InChI=1S/C8H16N2O3.H2O/c1-5(2)3-6(9)8(13)10-4-7(11)12;/h5-6H,3-4,9H2,1-2H3,(H,10,13)(H,11,12);1H2/t6-;/m0./s1. The Morgan fingerprint density at radius 1 is 1.43 bits per heavy atom. The van der Waals surface area contributed by atoms with Crippen LogP contribution in [-0.4, -0.2) is 35.0 Å². The largest absolute Gasteiger partial charge is 0.480 e. The van der Waals surface area contributed by atoms with Gasteiger partial charge in [-0.2, -0.15) is 0 Å². The van der Waals surface area contributed by atoms with Crippen molar-refractivity contribution in [1.82, 2.24) is 5.32 Å². The van der Waals surface area contributed by atoms with Crippen LogP contribution < -0.4 is 11.1 Å². The first-order valence-electron chi connectivity index (χ1n) is 4.18. The number of carboxylic acid groups (broad SMARTS) is 1. The minimum absolute atomic E-state index is 0. The van der Waals surface area contributed by atoms with E-state index < -0.39 is 17.9 Å². The lowest BCUT2D eigenvalue weighted by Gasteiger charge is -2.12. The second kappa shape index (κ2) is 7.28. The van der Waals surface area contributed by atoms with Crippen molar-refractivity contribution in [2.24, 2.45) is 11.7 Å². The summed E-state index contributed by atoms with van der Waals surface area (Å²) >= 11 is 0. The number of rotatable bonds is 5. The van der Waals surface area contributed by atoms with E-state index in [-0.39, 0.29) is 12.0 Å². The molecule has 0 bridgehead atoms. The van der Waals surface area contributed by atoms with E-state index >= 15 is 0 Å². The quantitative estimate of drug-likeness (QED) is 0.519. The first-order valence-corrected chi connectivity index (χ1v) is 4.18. The monoisotopic (exact) mass is 206 g/mol.